The number of benzene rings is 1. The van der Waals surface area contributed by atoms with E-state index < -0.39 is 54.1 Å². The van der Waals surface area contributed by atoms with Crippen molar-refractivity contribution in [1.82, 2.24) is 5.32 Å². The van der Waals surface area contributed by atoms with Gasteiger partial charge in [0.25, 0.3) is 0 Å². The Kier molecular flexibility index (Phi) is 7.21. The van der Waals surface area contributed by atoms with Crippen LogP contribution in [0.15, 0.2) is 18.2 Å². The predicted octanol–water partition coefficient (Wildman–Crippen LogP) is 4.00. The Morgan fingerprint density at radius 1 is 0.867 bits per heavy atom. The lowest BCUT2D eigenvalue weighted by molar-refractivity contribution is -0.276. The van der Waals surface area contributed by atoms with Crippen LogP contribution in [0.25, 0.3) is 0 Å². The molecule has 0 saturated heterocycles. The highest BCUT2D eigenvalue weighted by atomic mass is 19.4. The van der Waals surface area contributed by atoms with Crippen molar-refractivity contribution in [2.24, 2.45) is 0 Å². The number of rotatable bonds is 7. The van der Waals surface area contributed by atoms with Crippen molar-refractivity contribution in [3.63, 3.8) is 0 Å². The Labute approximate surface area is 160 Å². The molecule has 0 aromatic heterocycles. The third-order valence-electron chi connectivity index (χ3n) is 3.22. The summed E-state index contributed by atoms with van der Waals surface area (Å²) in [4.78, 5) is 22.3. The summed E-state index contributed by atoms with van der Waals surface area (Å²) < 4.78 is 134. The smallest absolute Gasteiger partial charge is 0.465 e. The van der Waals surface area contributed by atoms with Crippen molar-refractivity contribution in [1.29, 1.82) is 0 Å². The summed E-state index contributed by atoms with van der Waals surface area (Å²) in [6, 6.07) is 2.33. The fourth-order valence-corrected chi connectivity index (χ4v) is 1.72. The molecule has 0 spiro atoms. The number of nitrogens with one attached hydrogen (secondary N) is 1. The highest BCUT2D eigenvalue weighted by Crippen LogP contribution is 2.38. The molecular weight excluding hydrogens is 448 g/mol. The topological polar surface area (TPSA) is 64.6 Å². The van der Waals surface area contributed by atoms with E-state index in [1.807, 2.05) is 0 Å². The maximum Gasteiger partial charge on any atom is 0.465 e. The molecule has 1 aromatic rings. The molecule has 0 bridgehead atoms. The average molecular weight is 459 g/mol. The van der Waals surface area contributed by atoms with Crippen molar-refractivity contribution in [2.45, 2.75) is 37.7 Å². The Morgan fingerprint density at radius 2 is 1.40 bits per heavy atom. The van der Waals surface area contributed by atoms with Gasteiger partial charge in [-0.15, -0.1) is 0 Å². The molecular formula is C15H11F10NO4. The Bertz CT molecular complexity index is 789. The lowest BCUT2D eigenvalue weighted by Gasteiger charge is -2.20. The molecule has 0 saturated carbocycles. The average Bonchev–Trinajstić information content (AvgIpc) is 2.59. The standard InChI is InChI=1S/C15H11F10NO4/c1-2-29-8-4-3-7(6-26-10(27)12(16,17)14(20,21)22)5-9(8)30-11(28)13(18,19)15(23,24)25/h3-5H,2,6H2,1H3,(H,26,27). The van der Waals surface area contributed by atoms with Gasteiger partial charge < -0.3 is 14.8 Å². The van der Waals surface area contributed by atoms with Crippen molar-refractivity contribution >= 4 is 11.9 Å². The number of ether oxygens (including phenoxy) is 2. The molecule has 15 heteroatoms. The number of amides is 1. The minimum absolute atomic E-state index is 0.173. The number of halogens is 10. The van der Waals surface area contributed by atoms with Crippen molar-refractivity contribution in [2.75, 3.05) is 6.61 Å². The summed E-state index contributed by atoms with van der Waals surface area (Å²) in [6.07, 6.45) is -12.5. The fourth-order valence-electron chi connectivity index (χ4n) is 1.72. The molecule has 0 fully saturated rings. The monoisotopic (exact) mass is 459 g/mol. The van der Waals surface area contributed by atoms with Crippen molar-refractivity contribution in [3.05, 3.63) is 23.8 Å². The molecule has 0 heterocycles. The maximum atomic E-state index is 13.0. The van der Waals surface area contributed by atoms with Crippen molar-refractivity contribution < 1.29 is 63.0 Å². The molecule has 1 aromatic carbocycles. The lowest BCUT2D eigenvalue weighted by Crippen LogP contribution is -2.50. The third kappa shape index (κ3) is 5.44. The molecule has 170 valence electrons. The molecule has 0 aliphatic rings. The van der Waals surface area contributed by atoms with Gasteiger partial charge in [0.1, 0.15) is 0 Å². The van der Waals surface area contributed by atoms with E-state index in [9.17, 15) is 53.5 Å². The van der Waals surface area contributed by atoms with Crippen LogP contribution in [0.4, 0.5) is 43.9 Å². The molecule has 0 atom stereocenters. The zero-order chi connectivity index (χ0) is 23.5. The van der Waals surface area contributed by atoms with Crippen molar-refractivity contribution in [3.8, 4) is 11.5 Å². The lowest BCUT2D eigenvalue weighted by atomic mass is 10.2. The summed E-state index contributed by atoms with van der Waals surface area (Å²) in [6.45, 7) is 0.147. The number of esters is 1. The second-order valence-corrected chi connectivity index (χ2v) is 5.43. The molecule has 0 aliphatic carbocycles. The summed E-state index contributed by atoms with van der Waals surface area (Å²) in [7, 11) is 0. The van der Waals surface area contributed by atoms with E-state index in [0.29, 0.717) is 6.07 Å². The zero-order valence-electron chi connectivity index (χ0n) is 14.6. The van der Waals surface area contributed by atoms with Gasteiger partial charge in [-0.1, -0.05) is 6.07 Å². The highest BCUT2D eigenvalue weighted by molar-refractivity contribution is 5.84. The zero-order valence-corrected chi connectivity index (χ0v) is 14.6. The summed E-state index contributed by atoms with van der Waals surface area (Å²) in [5.41, 5.74) is -0.386. The number of hydrogen-bond acceptors (Lipinski definition) is 4. The largest absolute Gasteiger partial charge is 0.490 e. The van der Waals surface area contributed by atoms with E-state index in [-0.39, 0.29) is 12.2 Å². The minimum atomic E-state index is -6.29. The summed E-state index contributed by atoms with van der Waals surface area (Å²) in [5.74, 6) is -19.0. The number of alkyl halides is 10. The summed E-state index contributed by atoms with van der Waals surface area (Å²) >= 11 is 0. The molecule has 0 unspecified atom stereocenters. The SMILES string of the molecule is CCOc1ccc(CNC(=O)C(F)(F)C(F)(F)F)cc1OC(=O)C(F)(F)C(F)(F)F. The van der Waals surface area contributed by atoms with Gasteiger partial charge in [-0.2, -0.15) is 43.9 Å². The van der Waals surface area contributed by atoms with Crippen LogP contribution >= 0.6 is 0 Å². The predicted molar refractivity (Wildman–Crippen MR) is 77.1 cm³/mol. The van der Waals surface area contributed by atoms with E-state index in [4.69, 9.17) is 4.74 Å². The number of carbonyl (C=O) groups is 2. The fraction of sp³-hybridized carbons (Fsp3) is 0.467. The van der Waals surface area contributed by atoms with Crippen LogP contribution in [0, 0.1) is 0 Å². The van der Waals surface area contributed by atoms with Gasteiger partial charge in [0.05, 0.1) is 6.61 Å². The van der Waals surface area contributed by atoms with Gasteiger partial charge in [-0.25, -0.2) is 4.79 Å². The number of carbonyl (C=O) groups excluding carboxylic acids is 2. The van der Waals surface area contributed by atoms with E-state index in [2.05, 4.69) is 4.74 Å². The van der Waals surface area contributed by atoms with Crippen LogP contribution in [-0.2, 0) is 16.1 Å². The van der Waals surface area contributed by atoms with E-state index in [1.165, 1.54) is 12.2 Å². The molecule has 0 aliphatic heterocycles. The van der Waals surface area contributed by atoms with Crippen LogP contribution in [0.5, 0.6) is 11.5 Å². The molecule has 1 rings (SSSR count). The molecule has 5 nitrogen and oxygen atoms in total. The van der Waals surface area contributed by atoms with E-state index in [0.717, 1.165) is 12.1 Å². The first-order valence-electron chi connectivity index (χ1n) is 7.60. The van der Waals surface area contributed by atoms with Gasteiger partial charge >= 0.3 is 36.1 Å². The van der Waals surface area contributed by atoms with E-state index >= 15 is 0 Å². The first-order valence-corrected chi connectivity index (χ1v) is 7.60. The minimum Gasteiger partial charge on any atom is -0.490 e. The normalized spacial score (nSPS) is 13.0. The summed E-state index contributed by atoms with van der Waals surface area (Å²) in [5, 5.41) is 1.21. The van der Waals surface area contributed by atoms with Gasteiger partial charge in [-0.05, 0) is 24.6 Å². The van der Waals surface area contributed by atoms with Crippen LogP contribution in [0.1, 0.15) is 12.5 Å². The van der Waals surface area contributed by atoms with Crippen LogP contribution in [-0.4, -0.2) is 42.7 Å². The quantitative estimate of drug-likeness (QED) is 0.381. The van der Waals surface area contributed by atoms with Crippen LogP contribution in [0.2, 0.25) is 0 Å². The number of hydrogen-bond donors (Lipinski definition) is 1. The van der Waals surface area contributed by atoms with Crippen LogP contribution in [0.3, 0.4) is 0 Å². The molecule has 1 amide bonds. The first-order chi connectivity index (χ1) is 13.4. The maximum absolute atomic E-state index is 13.0. The van der Waals surface area contributed by atoms with Gasteiger partial charge in [0.2, 0.25) is 0 Å². The first kappa shape index (κ1) is 25.3. The van der Waals surface area contributed by atoms with Gasteiger partial charge in [-0.3, -0.25) is 4.79 Å². The third-order valence-corrected chi connectivity index (χ3v) is 3.22. The van der Waals surface area contributed by atoms with Gasteiger partial charge in [0, 0.05) is 6.54 Å². The molecule has 0 radical (unpaired) electrons. The second kappa shape index (κ2) is 8.55. The molecule has 30 heavy (non-hydrogen) atoms. The van der Waals surface area contributed by atoms with Crippen LogP contribution < -0.4 is 14.8 Å². The second-order valence-electron chi connectivity index (χ2n) is 5.43. The Balaban J connectivity index is 3.09. The Hall–Kier alpha value is -2.74. The Morgan fingerprint density at radius 3 is 1.87 bits per heavy atom. The van der Waals surface area contributed by atoms with Gasteiger partial charge in [0.15, 0.2) is 11.5 Å². The molecule has 1 N–H and O–H groups in total. The van der Waals surface area contributed by atoms with E-state index in [1.54, 1.807) is 0 Å². The highest BCUT2D eigenvalue weighted by Gasteiger charge is 2.65.